The van der Waals surface area contributed by atoms with Gasteiger partial charge in [-0.2, -0.15) is 0 Å². The molecule has 0 radical (unpaired) electrons. The van der Waals surface area contributed by atoms with Gasteiger partial charge in [0, 0.05) is 4.90 Å². The van der Waals surface area contributed by atoms with Crippen molar-refractivity contribution in [2.45, 2.75) is 74.0 Å². The molecule has 0 aromatic heterocycles. The lowest BCUT2D eigenvalue weighted by Gasteiger charge is -2.52. The third-order valence-electron chi connectivity index (χ3n) is 8.65. The van der Waals surface area contributed by atoms with Crippen LogP contribution in [0.5, 0.6) is 0 Å². The molecule has 5 aromatic rings. The van der Waals surface area contributed by atoms with Gasteiger partial charge in [0.15, 0.2) is 0 Å². The molecule has 0 spiro atoms. The van der Waals surface area contributed by atoms with Crippen LogP contribution in [-0.4, -0.2) is 36.0 Å². The van der Waals surface area contributed by atoms with E-state index >= 15 is 0 Å². The third-order valence-corrected chi connectivity index (χ3v) is 9.80. The van der Waals surface area contributed by atoms with Crippen LogP contribution in [0, 0.1) is 0 Å². The van der Waals surface area contributed by atoms with E-state index < -0.39 is 29.3 Å². The van der Waals surface area contributed by atoms with Crippen LogP contribution in [0.1, 0.15) is 35.6 Å². The van der Waals surface area contributed by atoms with Gasteiger partial charge < -0.3 is 23.7 Å². The molecule has 6 heteroatoms. The molecule has 1 fully saturated rings. The van der Waals surface area contributed by atoms with E-state index in [1.807, 2.05) is 78.9 Å². The molecule has 1 aliphatic heterocycles. The summed E-state index contributed by atoms with van der Waals surface area (Å²) >= 11 is 1.66. The largest absolute Gasteiger partial charge is 0.374 e. The highest BCUT2D eigenvalue weighted by Crippen LogP contribution is 2.44. The van der Waals surface area contributed by atoms with E-state index in [1.54, 1.807) is 11.8 Å². The first-order valence-corrected chi connectivity index (χ1v) is 17.6. The van der Waals surface area contributed by atoms with Gasteiger partial charge in [-0.25, -0.2) is 0 Å². The molecule has 1 unspecified atom stereocenters. The van der Waals surface area contributed by atoms with Gasteiger partial charge in [0.2, 0.25) is 0 Å². The van der Waals surface area contributed by atoms with Gasteiger partial charge in [0.05, 0.1) is 33.0 Å². The van der Waals surface area contributed by atoms with Crippen LogP contribution in [0.4, 0.5) is 0 Å². The van der Waals surface area contributed by atoms with Crippen molar-refractivity contribution in [1.82, 2.24) is 0 Å². The summed E-state index contributed by atoms with van der Waals surface area (Å²) in [6.07, 6.45) is -0.749. The summed E-state index contributed by atoms with van der Waals surface area (Å²) in [7, 11) is 0. The van der Waals surface area contributed by atoms with Crippen molar-refractivity contribution in [3.05, 3.63) is 174 Å². The highest BCUT2D eigenvalue weighted by atomic mass is 32.2. The zero-order chi connectivity index (χ0) is 32.9. The van der Waals surface area contributed by atoms with Crippen molar-refractivity contribution in [2.24, 2.45) is 0 Å². The van der Waals surface area contributed by atoms with Crippen LogP contribution in [-0.2, 0) is 50.1 Å². The number of hydrogen-bond acceptors (Lipinski definition) is 6. The SMILES string of the molecule is CC[C@]1(COCc2ccccc2)OC(Sc2ccccc2)[C@@H](OCc2ccccc2)[C@@H](OCc2ccccc2)[C@@H]1OCc1ccccc1. The normalized spacial score (nSPS) is 22.4. The van der Waals surface area contributed by atoms with Crippen molar-refractivity contribution in [3.63, 3.8) is 0 Å². The van der Waals surface area contributed by atoms with Gasteiger partial charge in [0.25, 0.3) is 0 Å². The van der Waals surface area contributed by atoms with Crippen LogP contribution in [0.25, 0.3) is 0 Å². The Balaban J connectivity index is 1.37. The highest BCUT2D eigenvalue weighted by molar-refractivity contribution is 7.99. The Labute approximate surface area is 289 Å². The van der Waals surface area contributed by atoms with E-state index in [0.29, 0.717) is 39.5 Å². The molecule has 0 N–H and O–H groups in total. The minimum absolute atomic E-state index is 0.334. The predicted octanol–water partition coefficient (Wildman–Crippen LogP) is 9.26. The summed E-state index contributed by atoms with van der Waals surface area (Å²) in [4.78, 5) is 1.09. The Morgan fingerprint density at radius 1 is 0.521 bits per heavy atom. The predicted molar refractivity (Wildman–Crippen MR) is 191 cm³/mol. The first kappa shape index (κ1) is 34.1. The van der Waals surface area contributed by atoms with Gasteiger partial charge in [-0.3, -0.25) is 0 Å². The first-order valence-electron chi connectivity index (χ1n) is 16.7. The van der Waals surface area contributed by atoms with Gasteiger partial charge >= 0.3 is 0 Å². The van der Waals surface area contributed by atoms with Crippen LogP contribution in [0.3, 0.4) is 0 Å². The van der Waals surface area contributed by atoms with Crippen LogP contribution in [0.2, 0.25) is 0 Å². The van der Waals surface area contributed by atoms with Crippen molar-refractivity contribution in [3.8, 4) is 0 Å². The topological polar surface area (TPSA) is 46.2 Å². The molecular formula is C42H44O5S. The fourth-order valence-corrected chi connectivity index (χ4v) is 7.22. The summed E-state index contributed by atoms with van der Waals surface area (Å²) in [5.41, 5.74) is 3.15. The zero-order valence-electron chi connectivity index (χ0n) is 27.4. The lowest BCUT2D eigenvalue weighted by Crippen LogP contribution is -2.67. The average Bonchev–Trinajstić information content (AvgIpc) is 3.15. The Morgan fingerprint density at radius 3 is 1.42 bits per heavy atom. The zero-order valence-corrected chi connectivity index (χ0v) is 28.3. The lowest BCUT2D eigenvalue weighted by molar-refractivity contribution is -0.295. The average molecular weight is 661 g/mol. The molecule has 0 amide bonds. The first-order chi connectivity index (χ1) is 23.7. The fraction of sp³-hybridized carbons (Fsp3) is 0.286. The molecular weight excluding hydrogens is 617 g/mol. The number of rotatable bonds is 16. The second-order valence-electron chi connectivity index (χ2n) is 12.1. The number of benzene rings is 5. The Bertz CT molecular complexity index is 1610. The van der Waals surface area contributed by atoms with Crippen LogP contribution >= 0.6 is 11.8 Å². The smallest absolute Gasteiger partial charge is 0.137 e. The molecule has 248 valence electrons. The maximum atomic E-state index is 7.26. The summed E-state index contributed by atoms with van der Waals surface area (Å²) < 4.78 is 34.5. The van der Waals surface area contributed by atoms with Gasteiger partial charge in [-0.15, -0.1) is 0 Å². The van der Waals surface area contributed by atoms with Crippen LogP contribution < -0.4 is 0 Å². The molecule has 1 heterocycles. The standard InChI is InChI=1S/C42H44O5S/c1-2-42(32-43-28-33-18-8-3-9-19-33)40(46-31-36-24-14-6-15-25-36)38(44-29-34-20-10-4-11-21-34)39(45-30-35-22-12-5-13-23-35)41(47-42)48-37-26-16-7-17-27-37/h3-27,38-41H,2,28-32H2,1H3/t38-,39+,40+,41?,42-/m1/s1. The Hall–Kier alpha value is -3.75. The van der Waals surface area contributed by atoms with Gasteiger partial charge in [-0.05, 0) is 40.8 Å². The Kier molecular flexibility index (Phi) is 12.5. The second kappa shape index (κ2) is 17.6. The molecule has 48 heavy (non-hydrogen) atoms. The van der Waals surface area contributed by atoms with Crippen LogP contribution in [0.15, 0.2) is 157 Å². The number of hydrogen-bond donors (Lipinski definition) is 0. The highest BCUT2D eigenvalue weighted by Gasteiger charge is 2.56. The quantitative estimate of drug-likeness (QED) is 0.105. The number of ether oxygens (including phenoxy) is 5. The molecule has 5 nitrogen and oxygen atoms in total. The third kappa shape index (κ3) is 9.23. The minimum Gasteiger partial charge on any atom is -0.374 e. The second-order valence-corrected chi connectivity index (χ2v) is 13.2. The monoisotopic (exact) mass is 660 g/mol. The Morgan fingerprint density at radius 2 is 0.938 bits per heavy atom. The molecule has 0 bridgehead atoms. The summed E-state index contributed by atoms with van der Waals surface area (Å²) in [6.45, 7) is 4.19. The van der Waals surface area contributed by atoms with E-state index in [1.165, 1.54) is 0 Å². The summed E-state index contributed by atoms with van der Waals surface area (Å²) in [5.74, 6) is 0. The van der Waals surface area contributed by atoms with E-state index in [-0.39, 0.29) is 0 Å². The van der Waals surface area contributed by atoms with Crippen molar-refractivity contribution < 1.29 is 23.7 Å². The maximum Gasteiger partial charge on any atom is 0.137 e. The van der Waals surface area contributed by atoms with Gasteiger partial charge in [-0.1, -0.05) is 158 Å². The number of thioether (sulfide) groups is 1. The lowest BCUT2D eigenvalue weighted by atomic mass is 9.85. The molecule has 6 rings (SSSR count). The molecule has 0 aliphatic carbocycles. The molecule has 1 aliphatic rings. The van der Waals surface area contributed by atoms with Crippen molar-refractivity contribution in [2.75, 3.05) is 6.61 Å². The van der Waals surface area contributed by atoms with E-state index in [2.05, 4.69) is 79.7 Å². The van der Waals surface area contributed by atoms with E-state index in [4.69, 9.17) is 23.7 Å². The van der Waals surface area contributed by atoms with Gasteiger partial charge in [0.1, 0.15) is 29.3 Å². The van der Waals surface area contributed by atoms with E-state index in [0.717, 1.165) is 27.1 Å². The van der Waals surface area contributed by atoms with E-state index in [9.17, 15) is 0 Å². The summed E-state index contributed by atoms with van der Waals surface area (Å²) in [5, 5.41) is 0. The van der Waals surface area contributed by atoms with Crippen molar-refractivity contribution in [1.29, 1.82) is 0 Å². The molecule has 5 atom stereocenters. The molecule has 5 aromatic carbocycles. The van der Waals surface area contributed by atoms with Crippen molar-refractivity contribution >= 4 is 11.8 Å². The molecule has 0 saturated carbocycles. The maximum absolute atomic E-state index is 7.26. The summed E-state index contributed by atoms with van der Waals surface area (Å²) in [6, 6.07) is 51.4. The molecule has 1 saturated heterocycles. The minimum atomic E-state index is -0.816. The fourth-order valence-electron chi connectivity index (χ4n) is 6.03.